The van der Waals surface area contributed by atoms with Gasteiger partial charge < -0.3 is 15.8 Å². The predicted octanol–water partition coefficient (Wildman–Crippen LogP) is 0.339. The number of carbonyl (C=O) groups excluding carboxylic acids is 1. The molecular weight excluding hydrogens is 230 g/mol. The van der Waals surface area contributed by atoms with Crippen molar-refractivity contribution in [3.05, 3.63) is 0 Å². The van der Waals surface area contributed by atoms with Gasteiger partial charge in [-0.05, 0) is 33.7 Å². The summed E-state index contributed by atoms with van der Waals surface area (Å²) >= 11 is 0. The second-order valence-corrected chi connectivity index (χ2v) is 5.40. The number of likely N-dealkylation sites (N-methyl/N-ethyl adjacent to an activating group) is 1. The Morgan fingerprint density at radius 3 is 2.83 bits per heavy atom. The molecule has 1 saturated heterocycles. The molecule has 1 aliphatic rings. The van der Waals surface area contributed by atoms with E-state index < -0.39 is 5.54 Å². The molecule has 1 fully saturated rings. The van der Waals surface area contributed by atoms with Crippen molar-refractivity contribution in [2.45, 2.75) is 51.3 Å². The van der Waals surface area contributed by atoms with E-state index in [1.54, 1.807) is 7.05 Å². The van der Waals surface area contributed by atoms with Crippen LogP contribution >= 0.6 is 0 Å². The van der Waals surface area contributed by atoms with Gasteiger partial charge in [0, 0.05) is 19.1 Å². The lowest BCUT2D eigenvalue weighted by Gasteiger charge is -2.39. The lowest BCUT2D eigenvalue weighted by atomic mass is 9.92. The Bertz CT molecular complexity index is 285. The number of ether oxygens (including phenoxy) is 1. The van der Waals surface area contributed by atoms with E-state index in [1.807, 2.05) is 6.92 Å². The van der Waals surface area contributed by atoms with Crippen molar-refractivity contribution in [2.24, 2.45) is 5.73 Å². The molecule has 0 saturated carbocycles. The highest BCUT2D eigenvalue weighted by atomic mass is 16.5. The molecule has 1 rings (SSSR count). The van der Waals surface area contributed by atoms with E-state index in [1.165, 1.54) is 0 Å². The van der Waals surface area contributed by atoms with Gasteiger partial charge in [-0.15, -0.1) is 0 Å². The topological polar surface area (TPSA) is 67.6 Å². The van der Waals surface area contributed by atoms with E-state index in [4.69, 9.17) is 10.5 Å². The highest BCUT2D eigenvalue weighted by Crippen LogP contribution is 2.19. The molecule has 3 atom stereocenters. The third-order valence-electron chi connectivity index (χ3n) is 4.05. The first kappa shape index (κ1) is 15.4. The van der Waals surface area contributed by atoms with Crippen LogP contribution in [0, 0.1) is 0 Å². The number of nitrogens with two attached hydrogens (primary N) is 1. The molecule has 0 radical (unpaired) electrons. The van der Waals surface area contributed by atoms with Crippen LogP contribution in [0.1, 0.15) is 33.6 Å². The summed E-state index contributed by atoms with van der Waals surface area (Å²) in [5.74, 6) is -0.294. The quantitative estimate of drug-likeness (QED) is 0.720. The van der Waals surface area contributed by atoms with Gasteiger partial charge in [-0.3, -0.25) is 9.69 Å². The van der Waals surface area contributed by atoms with Gasteiger partial charge in [0.2, 0.25) is 5.91 Å². The summed E-state index contributed by atoms with van der Waals surface area (Å²) in [6, 6.07) is 0.313. The van der Waals surface area contributed by atoms with Crippen molar-refractivity contribution in [1.82, 2.24) is 10.2 Å². The Morgan fingerprint density at radius 2 is 2.33 bits per heavy atom. The van der Waals surface area contributed by atoms with Crippen LogP contribution in [0.4, 0.5) is 0 Å². The van der Waals surface area contributed by atoms with E-state index in [0.717, 1.165) is 32.5 Å². The molecule has 106 valence electrons. The zero-order chi connectivity index (χ0) is 13.8. The van der Waals surface area contributed by atoms with Gasteiger partial charge >= 0.3 is 0 Å². The lowest BCUT2D eigenvalue weighted by Crippen LogP contribution is -2.56. The monoisotopic (exact) mass is 257 g/mol. The Labute approximate surface area is 110 Å². The highest BCUT2D eigenvalue weighted by Gasteiger charge is 2.34. The van der Waals surface area contributed by atoms with Crippen LogP contribution in [-0.2, 0) is 9.53 Å². The minimum Gasteiger partial charge on any atom is -0.376 e. The Kier molecular flexibility index (Phi) is 5.56. The van der Waals surface area contributed by atoms with Gasteiger partial charge in [0.1, 0.15) is 0 Å². The fourth-order valence-corrected chi connectivity index (χ4v) is 2.44. The lowest BCUT2D eigenvalue weighted by molar-refractivity contribution is -0.124. The summed E-state index contributed by atoms with van der Waals surface area (Å²) in [5, 5.41) is 3.04. The first-order valence-corrected chi connectivity index (χ1v) is 6.77. The molecule has 3 N–H and O–H groups in total. The fraction of sp³-hybridized carbons (Fsp3) is 0.923. The minimum atomic E-state index is -0.639. The molecule has 0 aromatic carbocycles. The molecule has 0 bridgehead atoms. The number of hydrogen-bond donors (Lipinski definition) is 2. The summed E-state index contributed by atoms with van der Waals surface area (Å²) in [6.45, 7) is 8.79. The summed E-state index contributed by atoms with van der Waals surface area (Å²) in [5.41, 5.74) is 4.83. The third-order valence-corrected chi connectivity index (χ3v) is 4.05. The first-order chi connectivity index (χ1) is 8.42. The molecule has 1 amide bonds. The van der Waals surface area contributed by atoms with E-state index >= 15 is 0 Å². The average molecular weight is 257 g/mol. The highest BCUT2D eigenvalue weighted by molar-refractivity contribution is 5.84. The number of carbonyl (C=O) groups is 1. The standard InChI is InChI=1S/C13H27N3O2/c1-5-11-9-16(6-7-18-11)10(2)8-13(3,15-4)12(14)17/h10-11,15H,5-9H2,1-4H3,(H2,14,17). The molecule has 1 aliphatic heterocycles. The molecule has 0 aromatic rings. The maximum Gasteiger partial charge on any atom is 0.237 e. The van der Waals surface area contributed by atoms with Crippen LogP contribution in [0.2, 0.25) is 0 Å². The van der Waals surface area contributed by atoms with Gasteiger partial charge in [-0.25, -0.2) is 0 Å². The summed E-state index contributed by atoms with van der Waals surface area (Å²) in [7, 11) is 1.78. The first-order valence-electron chi connectivity index (χ1n) is 6.77. The number of primary amides is 1. The van der Waals surface area contributed by atoms with E-state index in [0.29, 0.717) is 12.1 Å². The Morgan fingerprint density at radius 1 is 1.67 bits per heavy atom. The Balaban J connectivity index is 2.58. The fourth-order valence-electron chi connectivity index (χ4n) is 2.44. The largest absolute Gasteiger partial charge is 0.376 e. The molecule has 0 spiro atoms. The maximum atomic E-state index is 11.5. The van der Waals surface area contributed by atoms with E-state index in [-0.39, 0.29) is 5.91 Å². The zero-order valence-corrected chi connectivity index (χ0v) is 12.0. The van der Waals surface area contributed by atoms with Crippen LogP contribution < -0.4 is 11.1 Å². The van der Waals surface area contributed by atoms with Gasteiger partial charge in [0.15, 0.2) is 0 Å². The van der Waals surface area contributed by atoms with Crippen molar-refractivity contribution in [2.75, 3.05) is 26.7 Å². The van der Waals surface area contributed by atoms with Crippen molar-refractivity contribution in [3.8, 4) is 0 Å². The number of morpholine rings is 1. The molecule has 5 heteroatoms. The molecule has 3 unspecified atom stereocenters. The molecule has 1 heterocycles. The van der Waals surface area contributed by atoms with Crippen molar-refractivity contribution < 1.29 is 9.53 Å². The predicted molar refractivity (Wildman–Crippen MR) is 72.3 cm³/mol. The number of nitrogens with one attached hydrogen (secondary N) is 1. The van der Waals surface area contributed by atoms with Gasteiger partial charge in [0.25, 0.3) is 0 Å². The summed E-state index contributed by atoms with van der Waals surface area (Å²) < 4.78 is 5.66. The van der Waals surface area contributed by atoms with Crippen LogP contribution in [0.25, 0.3) is 0 Å². The van der Waals surface area contributed by atoms with Gasteiger partial charge in [-0.2, -0.15) is 0 Å². The number of nitrogens with zero attached hydrogens (tertiary/aromatic N) is 1. The van der Waals surface area contributed by atoms with Crippen LogP contribution in [0.15, 0.2) is 0 Å². The molecule has 5 nitrogen and oxygen atoms in total. The summed E-state index contributed by atoms with van der Waals surface area (Å²) in [6.07, 6.45) is 2.06. The average Bonchev–Trinajstić information content (AvgIpc) is 2.38. The number of amides is 1. The Hall–Kier alpha value is -0.650. The second-order valence-electron chi connectivity index (χ2n) is 5.40. The SMILES string of the molecule is CCC1CN(C(C)CC(C)(NC)C(N)=O)CCO1. The van der Waals surface area contributed by atoms with Crippen molar-refractivity contribution in [3.63, 3.8) is 0 Å². The van der Waals surface area contributed by atoms with Crippen LogP contribution in [0.5, 0.6) is 0 Å². The zero-order valence-electron chi connectivity index (χ0n) is 12.0. The van der Waals surface area contributed by atoms with Crippen molar-refractivity contribution >= 4 is 5.91 Å². The molecular formula is C13H27N3O2. The third kappa shape index (κ3) is 3.67. The normalized spacial score (nSPS) is 26.6. The summed E-state index contributed by atoms with van der Waals surface area (Å²) in [4.78, 5) is 13.9. The molecule has 18 heavy (non-hydrogen) atoms. The van der Waals surface area contributed by atoms with Crippen LogP contribution in [0.3, 0.4) is 0 Å². The van der Waals surface area contributed by atoms with E-state index in [2.05, 4.69) is 24.1 Å². The van der Waals surface area contributed by atoms with Crippen molar-refractivity contribution in [1.29, 1.82) is 0 Å². The maximum absolute atomic E-state index is 11.5. The molecule has 0 aliphatic carbocycles. The smallest absolute Gasteiger partial charge is 0.237 e. The van der Waals surface area contributed by atoms with Gasteiger partial charge in [0.05, 0.1) is 18.2 Å². The minimum absolute atomic E-state index is 0.294. The second kappa shape index (κ2) is 6.50. The molecule has 0 aromatic heterocycles. The number of rotatable bonds is 6. The van der Waals surface area contributed by atoms with Gasteiger partial charge in [-0.1, -0.05) is 6.92 Å². The number of hydrogen-bond acceptors (Lipinski definition) is 4. The van der Waals surface area contributed by atoms with Crippen LogP contribution in [-0.4, -0.2) is 55.2 Å². The van der Waals surface area contributed by atoms with E-state index in [9.17, 15) is 4.79 Å².